The smallest absolute Gasteiger partial charge is 0.317 e. The van der Waals surface area contributed by atoms with Gasteiger partial charge in [0.25, 0.3) is 0 Å². The highest BCUT2D eigenvalue weighted by atomic mass is 32.1. The molecule has 5 heteroatoms. The minimum Gasteiger partial charge on any atom is -0.480 e. The monoisotopic (exact) mass is 242 g/mol. The van der Waals surface area contributed by atoms with E-state index in [9.17, 15) is 4.79 Å². The summed E-state index contributed by atoms with van der Waals surface area (Å²) in [4.78, 5) is 17.1. The molecule has 0 aliphatic rings. The Hall–Kier alpha value is -0.940. The maximum absolute atomic E-state index is 10.8. The average Bonchev–Trinajstić information content (AvgIpc) is 2.61. The van der Waals surface area contributed by atoms with Crippen LogP contribution in [0.15, 0.2) is 5.38 Å². The van der Waals surface area contributed by atoms with Gasteiger partial charge >= 0.3 is 5.97 Å². The van der Waals surface area contributed by atoms with E-state index in [0.29, 0.717) is 6.54 Å². The lowest BCUT2D eigenvalue weighted by Gasteiger charge is -2.25. The number of aryl methyl sites for hydroxylation is 1. The summed E-state index contributed by atoms with van der Waals surface area (Å²) >= 11 is 1.60. The van der Waals surface area contributed by atoms with Crippen molar-refractivity contribution in [1.29, 1.82) is 0 Å². The lowest BCUT2D eigenvalue weighted by Crippen LogP contribution is -2.36. The van der Waals surface area contributed by atoms with Gasteiger partial charge in [-0.1, -0.05) is 6.92 Å². The SMILES string of the molecule is CCC(C)N(CC(=O)O)Cc1csc(C)n1. The fraction of sp³-hybridized carbons (Fsp3) is 0.636. The third-order valence-corrected chi connectivity index (χ3v) is 3.41. The molecule has 0 amide bonds. The number of carboxylic acid groups (broad SMARTS) is 1. The van der Waals surface area contributed by atoms with Gasteiger partial charge in [0.15, 0.2) is 0 Å². The number of thiazole rings is 1. The number of carboxylic acids is 1. The second kappa shape index (κ2) is 5.96. The Morgan fingerprint density at radius 3 is 2.81 bits per heavy atom. The Labute approximate surface area is 99.9 Å². The van der Waals surface area contributed by atoms with Crippen LogP contribution in [0.3, 0.4) is 0 Å². The normalized spacial score (nSPS) is 13.0. The molecule has 90 valence electrons. The van der Waals surface area contributed by atoms with E-state index in [1.807, 2.05) is 24.1 Å². The molecular formula is C11H18N2O2S. The van der Waals surface area contributed by atoms with Crippen LogP contribution in [-0.4, -0.2) is 33.5 Å². The summed E-state index contributed by atoms with van der Waals surface area (Å²) < 4.78 is 0. The van der Waals surface area contributed by atoms with Crippen LogP contribution in [-0.2, 0) is 11.3 Å². The highest BCUT2D eigenvalue weighted by Crippen LogP contribution is 2.13. The van der Waals surface area contributed by atoms with Crippen molar-refractivity contribution in [2.24, 2.45) is 0 Å². The Balaban J connectivity index is 2.66. The van der Waals surface area contributed by atoms with E-state index >= 15 is 0 Å². The molecule has 0 bridgehead atoms. The molecule has 0 saturated heterocycles. The molecule has 1 heterocycles. The number of nitrogens with zero attached hydrogens (tertiary/aromatic N) is 2. The van der Waals surface area contributed by atoms with Crippen molar-refractivity contribution in [1.82, 2.24) is 9.88 Å². The van der Waals surface area contributed by atoms with Crippen LogP contribution >= 0.6 is 11.3 Å². The van der Waals surface area contributed by atoms with Crippen LogP contribution in [0.25, 0.3) is 0 Å². The van der Waals surface area contributed by atoms with Gasteiger partial charge in [-0.05, 0) is 20.3 Å². The van der Waals surface area contributed by atoms with Crippen molar-refractivity contribution < 1.29 is 9.90 Å². The summed E-state index contributed by atoms with van der Waals surface area (Å²) in [5, 5.41) is 11.9. The van der Waals surface area contributed by atoms with Crippen LogP contribution < -0.4 is 0 Å². The molecular weight excluding hydrogens is 224 g/mol. The lowest BCUT2D eigenvalue weighted by molar-refractivity contribution is -0.139. The topological polar surface area (TPSA) is 53.4 Å². The number of hydrogen-bond donors (Lipinski definition) is 1. The number of aliphatic carboxylic acids is 1. The Morgan fingerprint density at radius 1 is 1.69 bits per heavy atom. The van der Waals surface area contributed by atoms with E-state index in [2.05, 4.69) is 11.9 Å². The minimum absolute atomic E-state index is 0.0750. The van der Waals surface area contributed by atoms with E-state index in [1.165, 1.54) is 0 Å². The first-order valence-electron chi connectivity index (χ1n) is 5.39. The van der Waals surface area contributed by atoms with Crippen molar-refractivity contribution in [3.8, 4) is 0 Å². The molecule has 0 fully saturated rings. The van der Waals surface area contributed by atoms with Crippen molar-refractivity contribution >= 4 is 17.3 Å². The molecule has 0 aliphatic carbocycles. The molecule has 0 aromatic carbocycles. The molecule has 4 nitrogen and oxygen atoms in total. The van der Waals surface area contributed by atoms with E-state index in [1.54, 1.807) is 11.3 Å². The maximum Gasteiger partial charge on any atom is 0.317 e. The zero-order chi connectivity index (χ0) is 12.1. The van der Waals surface area contributed by atoms with E-state index in [-0.39, 0.29) is 12.6 Å². The highest BCUT2D eigenvalue weighted by Gasteiger charge is 2.16. The second-order valence-electron chi connectivity index (χ2n) is 3.91. The fourth-order valence-corrected chi connectivity index (χ4v) is 2.09. The van der Waals surface area contributed by atoms with Crippen molar-refractivity contribution in [3.63, 3.8) is 0 Å². The van der Waals surface area contributed by atoms with Crippen LogP contribution in [0.2, 0.25) is 0 Å². The summed E-state index contributed by atoms with van der Waals surface area (Å²) in [5.41, 5.74) is 0.962. The van der Waals surface area contributed by atoms with Gasteiger partial charge in [0.2, 0.25) is 0 Å². The summed E-state index contributed by atoms with van der Waals surface area (Å²) in [5.74, 6) is -0.785. The van der Waals surface area contributed by atoms with Gasteiger partial charge in [-0.15, -0.1) is 11.3 Å². The van der Waals surface area contributed by atoms with Crippen LogP contribution in [0.5, 0.6) is 0 Å². The van der Waals surface area contributed by atoms with Gasteiger partial charge in [0.05, 0.1) is 17.2 Å². The van der Waals surface area contributed by atoms with Gasteiger partial charge in [0.1, 0.15) is 0 Å². The molecule has 1 aromatic rings. The summed E-state index contributed by atoms with van der Waals surface area (Å²) in [6.45, 7) is 6.75. The van der Waals surface area contributed by atoms with Crippen LogP contribution in [0.1, 0.15) is 31.0 Å². The number of aromatic nitrogens is 1. The van der Waals surface area contributed by atoms with Crippen molar-refractivity contribution in [2.45, 2.75) is 39.8 Å². The maximum atomic E-state index is 10.8. The van der Waals surface area contributed by atoms with Gasteiger partial charge in [0, 0.05) is 18.0 Å². The number of carbonyl (C=O) groups is 1. The molecule has 1 N–H and O–H groups in total. The van der Waals surface area contributed by atoms with E-state index in [4.69, 9.17) is 5.11 Å². The first kappa shape index (κ1) is 13.1. The summed E-state index contributed by atoms with van der Waals surface area (Å²) in [7, 11) is 0. The quantitative estimate of drug-likeness (QED) is 0.830. The van der Waals surface area contributed by atoms with Gasteiger partial charge < -0.3 is 5.11 Å². The number of rotatable bonds is 6. The zero-order valence-corrected chi connectivity index (χ0v) is 10.8. The van der Waals surface area contributed by atoms with Crippen molar-refractivity contribution in [3.05, 3.63) is 16.1 Å². The minimum atomic E-state index is -0.785. The standard InChI is InChI=1S/C11H18N2O2S/c1-4-8(2)13(6-11(14)15)5-10-7-16-9(3)12-10/h7-8H,4-6H2,1-3H3,(H,14,15). The number of hydrogen-bond acceptors (Lipinski definition) is 4. The molecule has 16 heavy (non-hydrogen) atoms. The molecule has 1 aromatic heterocycles. The van der Waals surface area contributed by atoms with Crippen LogP contribution in [0.4, 0.5) is 0 Å². The van der Waals surface area contributed by atoms with Gasteiger partial charge in [-0.3, -0.25) is 9.69 Å². The summed E-state index contributed by atoms with van der Waals surface area (Å²) in [6, 6.07) is 0.262. The molecule has 0 aliphatic heterocycles. The third kappa shape index (κ3) is 3.90. The van der Waals surface area contributed by atoms with E-state index in [0.717, 1.165) is 17.1 Å². The largest absolute Gasteiger partial charge is 0.480 e. The molecule has 1 rings (SSSR count). The van der Waals surface area contributed by atoms with E-state index < -0.39 is 5.97 Å². The average molecular weight is 242 g/mol. The molecule has 0 spiro atoms. The molecule has 1 unspecified atom stereocenters. The Morgan fingerprint density at radius 2 is 2.38 bits per heavy atom. The predicted octanol–water partition coefficient (Wildman–Crippen LogP) is 2.14. The third-order valence-electron chi connectivity index (χ3n) is 2.58. The Bertz CT molecular complexity index is 352. The highest BCUT2D eigenvalue weighted by molar-refractivity contribution is 7.09. The Kier molecular flexibility index (Phi) is 4.89. The fourth-order valence-electron chi connectivity index (χ4n) is 1.49. The molecule has 0 saturated carbocycles. The van der Waals surface area contributed by atoms with Gasteiger partial charge in [-0.2, -0.15) is 0 Å². The van der Waals surface area contributed by atoms with Crippen LogP contribution in [0, 0.1) is 6.92 Å². The first-order chi connectivity index (χ1) is 7.52. The second-order valence-corrected chi connectivity index (χ2v) is 4.98. The molecule has 1 atom stereocenters. The molecule has 0 radical (unpaired) electrons. The lowest BCUT2D eigenvalue weighted by atomic mass is 10.2. The zero-order valence-electron chi connectivity index (χ0n) is 9.93. The van der Waals surface area contributed by atoms with Gasteiger partial charge in [-0.25, -0.2) is 4.98 Å². The first-order valence-corrected chi connectivity index (χ1v) is 6.27. The van der Waals surface area contributed by atoms with Crippen molar-refractivity contribution in [2.75, 3.05) is 6.54 Å². The predicted molar refractivity (Wildman–Crippen MR) is 64.6 cm³/mol. The summed E-state index contributed by atoms with van der Waals surface area (Å²) in [6.07, 6.45) is 0.941.